The number of pyridine rings is 1. The SMILES string of the molecule is O=C(NC1CCN(C(=O)c2ccncc2)CC1)c1ccc(F)cc1. The van der Waals surface area contributed by atoms with Crippen molar-refractivity contribution in [2.75, 3.05) is 13.1 Å². The molecule has 1 aliphatic heterocycles. The summed E-state index contributed by atoms with van der Waals surface area (Å²) in [5, 5.41) is 2.94. The highest BCUT2D eigenvalue weighted by molar-refractivity contribution is 5.95. The monoisotopic (exact) mass is 327 g/mol. The summed E-state index contributed by atoms with van der Waals surface area (Å²) < 4.78 is 12.9. The highest BCUT2D eigenvalue weighted by Gasteiger charge is 2.24. The van der Waals surface area contributed by atoms with Crippen LogP contribution >= 0.6 is 0 Å². The lowest BCUT2D eigenvalue weighted by Crippen LogP contribution is -2.46. The minimum absolute atomic E-state index is 0.0132. The quantitative estimate of drug-likeness (QED) is 0.940. The van der Waals surface area contributed by atoms with Gasteiger partial charge in [0.15, 0.2) is 0 Å². The minimum Gasteiger partial charge on any atom is -0.349 e. The Kier molecular flexibility index (Phi) is 4.84. The van der Waals surface area contributed by atoms with Crippen molar-refractivity contribution in [3.05, 3.63) is 65.7 Å². The summed E-state index contributed by atoms with van der Waals surface area (Å²) >= 11 is 0. The number of piperidine rings is 1. The fraction of sp³-hybridized carbons (Fsp3) is 0.278. The van der Waals surface area contributed by atoms with Crippen LogP contribution in [0.5, 0.6) is 0 Å². The van der Waals surface area contributed by atoms with Crippen molar-refractivity contribution >= 4 is 11.8 Å². The summed E-state index contributed by atoms with van der Waals surface area (Å²) in [7, 11) is 0. The number of nitrogens with one attached hydrogen (secondary N) is 1. The fourth-order valence-corrected chi connectivity index (χ4v) is 2.77. The average Bonchev–Trinajstić information content (AvgIpc) is 2.63. The summed E-state index contributed by atoms with van der Waals surface area (Å²) in [4.78, 5) is 30.2. The number of nitrogens with zero attached hydrogens (tertiary/aromatic N) is 2. The zero-order valence-corrected chi connectivity index (χ0v) is 13.1. The molecule has 0 spiro atoms. The molecule has 0 unspecified atom stereocenters. The van der Waals surface area contributed by atoms with Crippen molar-refractivity contribution in [2.45, 2.75) is 18.9 Å². The Labute approximate surface area is 139 Å². The van der Waals surface area contributed by atoms with E-state index in [9.17, 15) is 14.0 Å². The standard InChI is InChI=1S/C18H18FN3O2/c19-15-3-1-13(2-4-15)17(23)21-16-7-11-22(12-8-16)18(24)14-5-9-20-10-6-14/h1-6,9-10,16H,7-8,11-12H2,(H,21,23). The maximum atomic E-state index is 12.9. The van der Waals surface area contributed by atoms with Crippen molar-refractivity contribution in [3.8, 4) is 0 Å². The van der Waals surface area contributed by atoms with Crippen LogP contribution in [0.1, 0.15) is 33.6 Å². The predicted octanol–water partition coefficient (Wildman–Crippen LogP) is 2.26. The van der Waals surface area contributed by atoms with E-state index in [2.05, 4.69) is 10.3 Å². The Balaban J connectivity index is 1.53. The number of carbonyl (C=O) groups excluding carboxylic acids is 2. The highest BCUT2D eigenvalue weighted by Crippen LogP contribution is 2.14. The maximum Gasteiger partial charge on any atom is 0.253 e. The lowest BCUT2D eigenvalue weighted by molar-refractivity contribution is 0.0698. The predicted molar refractivity (Wildman–Crippen MR) is 87.0 cm³/mol. The molecule has 1 saturated heterocycles. The van der Waals surface area contributed by atoms with Gasteiger partial charge in [0.1, 0.15) is 5.82 Å². The second kappa shape index (κ2) is 7.21. The Morgan fingerprint density at radius 1 is 1.00 bits per heavy atom. The molecule has 3 rings (SSSR count). The van der Waals surface area contributed by atoms with E-state index < -0.39 is 0 Å². The van der Waals surface area contributed by atoms with Gasteiger partial charge in [0.05, 0.1) is 0 Å². The van der Waals surface area contributed by atoms with Crippen LogP contribution in [-0.4, -0.2) is 40.8 Å². The van der Waals surface area contributed by atoms with Crippen LogP contribution in [0.4, 0.5) is 4.39 Å². The van der Waals surface area contributed by atoms with E-state index in [0.29, 0.717) is 37.1 Å². The Morgan fingerprint density at radius 3 is 2.25 bits per heavy atom. The van der Waals surface area contributed by atoms with Crippen LogP contribution in [0.3, 0.4) is 0 Å². The molecule has 1 N–H and O–H groups in total. The molecule has 6 heteroatoms. The first-order valence-corrected chi connectivity index (χ1v) is 7.89. The number of aromatic nitrogens is 1. The topological polar surface area (TPSA) is 62.3 Å². The summed E-state index contributed by atoms with van der Waals surface area (Å²) in [5.74, 6) is -0.593. The molecule has 2 aromatic rings. The van der Waals surface area contributed by atoms with Crippen LogP contribution < -0.4 is 5.32 Å². The fourth-order valence-electron chi connectivity index (χ4n) is 2.77. The zero-order valence-electron chi connectivity index (χ0n) is 13.1. The Bertz CT molecular complexity index is 711. The molecule has 2 amide bonds. The first-order valence-electron chi connectivity index (χ1n) is 7.89. The van der Waals surface area contributed by atoms with E-state index >= 15 is 0 Å². The van der Waals surface area contributed by atoms with Crippen molar-refractivity contribution in [1.29, 1.82) is 0 Å². The molecule has 0 atom stereocenters. The number of rotatable bonds is 3. The number of amides is 2. The molecular weight excluding hydrogens is 309 g/mol. The Hall–Kier alpha value is -2.76. The van der Waals surface area contributed by atoms with Crippen molar-refractivity contribution in [1.82, 2.24) is 15.2 Å². The lowest BCUT2D eigenvalue weighted by atomic mass is 10.0. The molecule has 24 heavy (non-hydrogen) atoms. The highest BCUT2D eigenvalue weighted by atomic mass is 19.1. The van der Waals surface area contributed by atoms with E-state index in [4.69, 9.17) is 0 Å². The third kappa shape index (κ3) is 3.76. The third-order valence-corrected chi connectivity index (χ3v) is 4.15. The second-order valence-corrected chi connectivity index (χ2v) is 5.78. The molecule has 5 nitrogen and oxygen atoms in total. The van der Waals surface area contributed by atoms with Gasteiger partial charge in [-0.25, -0.2) is 4.39 Å². The first-order chi connectivity index (χ1) is 11.6. The van der Waals surface area contributed by atoms with E-state index in [-0.39, 0.29) is 23.7 Å². The number of hydrogen-bond donors (Lipinski definition) is 1. The minimum atomic E-state index is -0.366. The van der Waals surface area contributed by atoms with Crippen molar-refractivity contribution in [2.24, 2.45) is 0 Å². The van der Waals surface area contributed by atoms with Gasteiger partial charge in [0, 0.05) is 42.7 Å². The Morgan fingerprint density at radius 2 is 1.62 bits per heavy atom. The number of carbonyl (C=O) groups is 2. The van der Waals surface area contributed by atoms with Crippen molar-refractivity contribution < 1.29 is 14.0 Å². The number of hydrogen-bond acceptors (Lipinski definition) is 3. The van der Waals surface area contributed by atoms with Crippen LogP contribution in [0.15, 0.2) is 48.8 Å². The largest absolute Gasteiger partial charge is 0.349 e. The molecule has 1 aromatic heterocycles. The van der Waals surface area contributed by atoms with Gasteiger partial charge in [0.2, 0.25) is 0 Å². The van der Waals surface area contributed by atoms with E-state index in [0.717, 1.165) is 0 Å². The summed E-state index contributed by atoms with van der Waals surface area (Å²) in [6.45, 7) is 1.19. The van der Waals surface area contributed by atoms with Crippen LogP contribution in [-0.2, 0) is 0 Å². The summed E-state index contributed by atoms with van der Waals surface area (Å²) in [5.41, 5.74) is 1.06. The lowest BCUT2D eigenvalue weighted by Gasteiger charge is -2.32. The van der Waals surface area contributed by atoms with Gasteiger partial charge in [-0.1, -0.05) is 0 Å². The number of benzene rings is 1. The molecule has 124 valence electrons. The molecule has 1 aliphatic rings. The molecular formula is C18H18FN3O2. The molecule has 1 fully saturated rings. The molecule has 2 heterocycles. The molecule has 0 bridgehead atoms. The third-order valence-electron chi connectivity index (χ3n) is 4.15. The van der Waals surface area contributed by atoms with Gasteiger partial charge in [-0.15, -0.1) is 0 Å². The maximum absolute atomic E-state index is 12.9. The van der Waals surface area contributed by atoms with Gasteiger partial charge in [-0.3, -0.25) is 14.6 Å². The second-order valence-electron chi connectivity index (χ2n) is 5.78. The van der Waals surface area contributed by atoms with Crippen molar-refractivity contribution in [3.63, 3.8) is 0 Å². The molecule has 0 aliphatic carbocycles. The van der Waals surface area contributed by atoms with E-state index in [1.807, 2.05) is 0 Å². The summed E-state index contributed by atoms with van der Waals surface area (Å²) in [6.07, 6.45) is 4.60. The van der Waals surface area contributed by atoms with Gasteiger partial charge in [-0.2, -0.15) is 0 Å². The molecule has 0 saturated carbocycles. The normalized spacial score (nSPS) is 15.1. The van der Waals surface area contributed by atoms with E-state index in [1.165, 1.54) is 24.3 Å². The average molecular weight is 327 g/mol. The van der Waals surface area contributed by atoms with Gasteiger partial charge >= 0.3 is 0 Å². The van der Waals surface area contributed by atoms with Crippen LogP contribution in [0, 0.1) is 5.82 Å². The van der Waals surface area contributed by atoms with Crippen LogP contribution in [0.2, 0.25) is 0 Å². The number of halogens is 1. The molecule has 0 radical (unpaired) electrons. The zero-order chi connectivity index (χ0) is 16.9. The van der Waals surface area contributed by atoms with Gasteiger partial charge < -0.3 is 10.2 Å². The first kappa shape index (κ1) is 16.1. The van der Waals surface area contributed by atoms with Gasteiger partial charge in [0.25, 0.3) is 11.8 Å². The van der Waals surface area contributed by atoms with Gasteiger partial charge in [-0.05, 0) is 49.2 Å². The van der Waals surface area contributed by atoms with Crippen LogP contribution in [0.25, 0.3) is 0 Å². The smallest absolute Gasteiger partial charge is 0.253 e. The molecule has 1 aromatic carbocycles. The summed E-state index contributed by atoms with van der Waals surface area (Å²) in [6, 6.07) is 8.88. The number of likely N-dealkylation sites (tertiary alicyclic amines) is 1. The van der Waals surface area contributed by atoms with E-state index in [1.54, 1.807) is 29.4 Å².